The van der Waals surface area contributed by atoms with E-state index in [9.17, 15) is 9.59 Å². The highest BCUT2D eigenvalue weighted by Gasteiger charge is 2.28. The van der Waals surface area contributed by atoms with Crippen LogP contribution < -0.4 is 0 Å². The maximum atomic E-state index is 12.4. The molecule has 0 unspecified atom stereocenters. The molecule has 1 fully saturated rings. The van der Waals surface area contributed by atoms with E-state index in [0.29, 0.717) is 31.7 Å². The lowest BCUT2D eigenvalue weighted by atomic mass is 9.97. The van der Waals surface area contributed by atoms with Gasteiger partial charge in [0.15, 0.2) is 11.5 Å². The SMILES string of the molecule is O=C(O)C1CCN(C(=O)c2cc(-c3cccnc3)on2)CC1. The molecule has 3 rings (SSSR count). The molecule has 7 heteroatoms. The van der Waals surface area contributed by atoms with Crippen LogP contribution in [0.4, 0.5) is 0 Å². The minimum atomic E-state index is -0.799. The molecule has 1 saturated heterocycles. The first-order chi connectivity index (χ1) is 10.6. The highest BCUT2D eigenvalue weighted by molar-refractivity contribution is 5.93. The fraction of sp³-hybridized carbons (Fsp3) is 0.333. The van der Waals surface area contributed by atoms with Gasteiger partial charge in [0.1, 0.15) is 0 Å². The molecule has 0 radical (unpaired) electrons. The Bertz CT molecular complexity index is 675. The largest absolute Gasteiger partial charge is 0.481 e. The van der Waals surface area contributed by atoms with Crippen molar-refractivity contribution < 1.29 is 19.2 Å². The van der Waals surface area contributed by atoms with Crippen molar-refractivity contribution in [2.45, 2.75) is 12.8 Å². The first-order valence-electron chi connectivity index (χ1n) is 7.04. The summed E-state index contributed by atoms with van der Waals surface area (Å²) in [5.74, 6) is -0.917. The van der Waals surface area contributed by atoms with Crippen LogP contribution in [0, 0.1) is 5.92 Å². The molecule has 0 spiro atoms. The normalized spacial score (nSPS) is 15.7. The number of pyridine rings is 1. The molecule has 1 amide bonds. The number of aliphatic carboxylic acids is 1. The fourth-order valence-electron chi connectivity index (χ4n) is 2.51. The average molecular weight is 301 g/mol. The van der Waals surface area contributed by atoms with E-state index in [1.807, 2.05) is 6.07 Å². The molecule has 0 aliphatic carbocycles. The molecule has 0 saturated carbocycles. The summed E-state index contributed by atoms with van der Waals surface area (Å²) in [5, 5.41) is 12.8. The van der Waals surface area contributed by atoms with Gasteiger partial charge in [-0.25, -0.2) is 0 Å². The number of aromatic nitrogens is 2. The molecular weight excluding hydrogens is 286 g/mol. The maximum absolute atomic E-state index is 12.4. The van der Waals surface area contributed by atoms with Crippen LogP contribution in [-0.4, -0.2) is 45.1 Å². The van der Waals surface area contributed by atoms with Crippen LogP contribution in [0.3, 0.4) is 0 Å². The predicted octanol–water partition coefficient (Wildman–Crippen LogP) is 1.67. The van der Waals surface area contributed by atoms with Crippen molar-refractivity contribution in [3.05, 3.63) is 36.3 Å². The summed E-state index contributed by atoms with van der Waals surface area (Å²) >= 11 is 0. The van der Waals surface area contributed by atoms with Crippen LogP contribution in [0.25, 0.3) is 11.3 Å². The van der Waals surface area contributed by atoms with Crippen molar-refractivity contribution in [1.82, 2.24) is 15.0 Å². The average Bonchev–Trinajstić information content (AvgIpc) is 3.05. The van der Waals surface area contributed by atoms with Gasteiger partial charge in [-0.05, 0) is 25.0 Å². The third-order valence-electron chi connectivity index (χ3n) is 3.81. The van der Waals surface area contributed by atoms with Crippen molar-refractivity contribution in [3.8, 4) is 11.3 Å². The minimum absolute atomic E-state index is 0.229. The number of nitrogens with zero attached hydrogens (tertiary/aromatic N) is 3. The van der Waals surface area contributed by atoms with Crippen LogP contribution in [0.2, 0.25) is 0 Å². The molecule has 1 aliphatic rings. The van der Waals surface area contributed by atoms with E-state index in [1.165, 1.54) is 0 Å². The summed E-state index contributed by atoms with van der Waals surface area (Å²) in [6.45, 7) is 0.843. The Kier molecular flexibility index (Phi) is 3.86. The quantitative estimate of drug-likeness (QED) is 0.926. The summed E-state index contributed by atoms with van der Waals surface area (Å²) < 4.78 is 5.19. The maximum Gasteiger partial charge on any atom is 0.306 e. The molecule has 1 aliphatic heterocycles. The first-order valence-corrected chi connectivity index (χ1v) is 7.04. The van der Waals surface area contributed by atoms with Gasteiger partial charge in [0.2, 0.25) is 0 Å². The highest BCUT2D eigenvalue weighted by atomic mass is 16.5. The summed E-state index contributed by atoms with van der Waals surface area (Å²) in [5.41, 5.74) is 0.978. The van der Waals surface area contributed by atoms with Gasteiger partial charge in [0.25, 0.3) is 5.91 Å². The van der Waals surface area contributed by atoms with E-state index in [2.05, 4.69) is 10.1 Å². The number of likely N-dealkylation sites (tertiary alicyclic amines) is 1. The van der Waals surface area contributed by atoms with Gasteiger partial charge in [0, 0.05) is 37.1 Å². The molecule has 2 aromatic rings. The van der Waals surface area contributed by atoms with E-state index in [0.717, 1.165) is 5.56 Å². The van der Waals surface area contributed by atoms with Crippen molar-refractivity contribution >= 4 is 11.9 Å². The molecule has 3 heterocycles. The Morgan fingerprint density at radius 3 is 2.73 bits per heavy atom. The standard InChI is InChI=1S/C15H15N3O4/c19-14(18-6-3-10(4-7-18)15(20)21)12-8-13(22-17-12)11-2-1-5-16-9-11/h1-2,5,8-10H,3-4,6-7H2,(H,20,21). The number of carbonyl (C=O) groups is 2. The van der Waals surface area contributed by atoms with Gasteiger partial charge in [-0.15, -0.1) is 0 Å². The van der Waals surface area contributed by atoms with Gasteiger partial charge >= 0.3 is 5.97 Å². The van der Waals surface area contributed by atoms with Gasteiger partial charge < -0.3 is 14.5 Å². The number of carbonyl (C=O) groups excluding carboxylic acids is 1. The number of hydrogen-bond donors (Lipinski definition) is 1. The number of amides is 1. The lowest BCUT2D eigenvalue weighted by Gasteiger charge is -2.29. The Morgan fingerprint density at radius 2 is 2.09 bits per heavy atom. The third kappa shape index (κ3) is 2.83. The number of hydrogen-bond acceptors (Lipinski definition) is 5. The number of rotatable bonds is 3. The molecular formula is C15H15N3O4. The lowest BCUT2D eigenvalue weighted by Crippen LogP contribution is -2.40. The predicted molar refractivity (Wildman–Crippen MR) is 76.0 cm³/mol. The van der Waals surface area contributed by atoms with E-state index < -0.39 is 5.97 Å². The molecule has 0 bridgehead atoms. The van der Waals surface area contributed by atoms with Crippen LogP contribution in [-0.2, 0) is 4.79 Å². The first kappa shape index (κ1) is 14.2. The van der Waals surface area contributed by atoms with Gasteiger partial charge in [-0.2, -0.15) is 0 Å². The second kappa shape index (κ2) is 5.97. The Hall–Kier alpha value is -2.70. The monoisotopic (exact) mass is 301 g/mol. The fourth-order valence-corrected chi connectivity index (χ4v) is 2.51. The van der Waals surface area contributed by atoms with E-state index in [4.69, 9.17) is 9.63 Å². The number of carboxylic acids is 1. The Labute approximate surface area is 126 Å². The topological polar surface area (TPSA) is 96.5 Å². The zero-order valence-electron chi connectivity index (χ0n) is 11.8. The van der Waals surface area contributed by atoms with Crippen LogP contribution in [0.1, 0.15) is 23.3 Å². The summed E-state index contributed by atoms with van der Waals surface area (Å²) in [4.78, 5) is 28.9. The molecule has 7 nitrogen and oxygen atoms in total. The van der Waals surface area contributed by atoms with Gasteiger partial charge in [-0.1, -0.05) is 5.16 Å². The van der Waals surface area contributed by atoms with E-state index >= 15 is 0 Å². The minimum Gasteiger partial charge on any atom is -0.481 e. The number of carboxylic acid groups (broad SMARTS) is 1. The van der Waals surface area contributed by atoms with E-state index in [-0.39, 0.29) is 17.5 Å². The van der Waals surface area contributed by atoms with Gasteiger partial charge in [0.05, 0.1) is 5.92 Å². The van der Waals surface area contributed by atoms with Crippen molar-refractivity contribution in [2.24, 2.45) is 5.92 Å². The Balaban J connectivity index is 1.69. The zero-order chi connectivity index (χ0) is 15.5. The van der Waals surface area contributed by atoms with Crippen molar-refractivity contribution in [2.75, 3.05) is 13.1 Å². The van der Waals surface area contributed by atoms with Crippen LogP contribution >= 0.6 is 0 Å². The Morgan fingerprint density at radius 1 is 1.32 bits per heavy atom. The lowest BCUT2D eigenvalue weighted by molar-refractivity contribution is -0.143. The summed E-state index contributed by atoms with van der Waals surface area (Å²) in [6.07, 6.45) is 4.22. The summed E-state index contributed by atoms with van der Waals surface area (Å²) in [6, 6.07) is 5.18. The molecule has 1 N–H and O–H groups in total. The molecule has 22 heavy (non-hydrogen) atoms. The zero-order valence-corrected chi connectivity index (χ0v) is 11.8. The van der Waals surface area contributed by atoms with Crippen molar-refractivity contribution in [3.63, 3.8) is 0 Å². The molecule has 2 aromatic heterocycles. The van der Waals surface area contributed by atoms with Crippen LogP contribution in [0.15, 0.2) is 35.1 Å². The van der Waals surface area contributed by atoms with Gasteiger partial charge in [-0.3, -0.25) is 14.6 Å². The third-order valence-corrected chi connectivity index (χ3v) is 3.81. The summed E-state index contributed by atoms with van der Waals surface area (Å²) in [7, 11) is 0. The highest BCUT2D eigenvalue weighted by Crippen LogP contribution is 2.22. The molecule has 0 aromatic carbocycles. The van der Waals surface area contributed by atoms with Crippen molar-refractivity contribution in [1.29, 1.82) is 0 Å². The second-order valence-corrected chi connectivity index (χ2v) is 5.22. The number of piperidine rings is 1. The van der Waals surface area contributed by atoms with E-state index in [1.54, 1.807) is 29.4 Å². The second-order valence-electron chi connectivity index (χ2n) is 5.22. The molecule has 114 valence electrons. The molecule has 0 atom stereocenters. The van der Waals surface area contributed by atoms with Crippen LogP contribution in [0.5, 0.6) is 0 Å². The smallest absolute Gasteiger partial charge is 0.306 e.